The topological polar surface area (TPSA) is 104 Å². The highest BCUT2D eigenvalue weighted by Gasteiger charge is 2.45. The third-order valence-electron chi connectivity index (χ3n) is 12.8. The van der Waals surface area contributed by atoms with E-state index < -0.39 is 33.1 Å². The van der Waals surface area contributed by atoms with E-state index in [1.54, 1.807) is 11.9 Å². The highest BCUT2D eigenvalue weighted by molar-refractivity contribution is 7.72. The SMILES string of the molecule is CN(C(=O)OC(C)(C)C)C1=C(/C=C/C2N(CCCC[SH](=O)=O)c3ccc4ccccc4c3C2(C)C)CC/C1=C\C=C1\N(CCCC[SH](=O)=O)c2ccc3ccccc3c2C1(C)C. The number of fused-ring (bicyclic) bond motifs is 6. The Morgan fingerprint density at radius 2 is 1.34 bits per heavy atom. The molecule has 62 heavy (non-hydrogen) atoms. The van der Waals surface area contributed by atoms with Crippen molar-refractivity contribution in [1.29, 1.82) is 0 Å². The van der Waals surface area contributed by atoms with Crippen LogP contribution in [0.1, 0.15) is 98.1 Å². The lowest BCUT2D eigenvalue weighted by Gasteiger charge is -2.33. The lowest BCUT2D eigenvalue weighted by atomic mass is 9.78. The summed E-state index contributed by atoms with van der Waals surface area (Å²) < 4.78 is 51.9. The zero-order chi connectivity index (χ0) is 44.6. The lowest BCUT2D eigenvalue weighted by Crippen LogP contribution is -2.40. The van der Waals surface area contributed by atoms with E-state index in [1.807, 2.05) is 20.8 Å². The molecule has 1 amide bonds. The lowest BCUT2D eigenvalue weighted by molar-refractivity contribution is 0.0356. The molecular weight excluding hydrogens is 815 g/mol. The number of hydrogen-bond donors (Lipinski definition) is 2. The summed E-state index contributed by atoms with van der Waals surface area (Å²) in [5.41, 5.74) is 7.58. The predicted molar refractivity (Wildman–Crippen MR) is 257 cm³/mol. The van der Waals surface area contributed by atoms with Gasteiger partial charge in [0.1, 0.15) is 27.0 Å². The van der Waals surface area contributed by atoms with Crippen molar-refractivity contribution in [2.45, 2.75) is 109 Å². The number of benzene rings is 4. The molecule has 1 atom stereocenters. The van der Waals surface area contributed by atoms with Crippen molar-refractivity contribution in [3.63, 3.8) is 0 Å². The Labute approximate surface area is 371 Å². The van der Waals surface area contributed by atoms with Crippen molar-refractivity contribution in [1.82, 2.24) is 4.90 Å². The van der Waals surface area contributed by atoms with Crippen molar-refractivity contribution in [2.24, 2.45) is 0 Å². The molecule has 0 N–H and O–H groups in total. The summed E-state index contributed by atoms with van der Waals surface area (Å²) in [7, 11) is -3.06. The van der Waals surface area contributed by atoms with Crippen molar-refractivity contribution in [2.75, 3.05) is 41.4 Å². The van der Waals surface area contributed by atoms with Crippen molar-refractivity contribution >= 4 is 60.4 Å². The molecule has 0 radical (unpaired) electrons. The van der Waals surface area contributed by atoms with Crippen LogP contribution in [0.4, 0.5) is 16.2 Å². The molecule has 0 saturated heterocycles. The minimum Gasteiger partial charge on any atom is -0.443 e. The minimum absolute atomic E-state index is 0.0269. The van der Waals surface area contributed by atoms with Gasteiger partial charge in [-0.05, 0) is 121 Å². The van der Waals surface area contributed by atoms with E-state index in [-0.39, 0.29) is 28.4 Å². The number of thiol groups is 2. The zero-order valence-electron chi connectivity index (χ0n) is 37.6. The van der Waals surface area contributed by atoms with Crippen molar-refractivity contribution in [3.8, 4) is 0 Å². The van der Waals surface area contributed by atoms with Crippen LogP contribution in [-0.4, -0.2) is 71.1 Å². The van der Waals surface area contributed by atoms with Gasteiger partial charge in [-0.25, -0.2) is 21.6 Å². The van der Waals surface area contributed by atoms with Crippen molar-refractivity contribution < 1.29 is 26.4 Å². The first kappa shape index (κ1) is 45.2. The fourth-order valence-electron chi connectivity index (χ4n) is 10.1. The quantitative estimate of drug-likeness (QED) is 0.0954. The van der Waals surface area contributed by atoms with E-state index in [4.69, 9.17) is 4.74 Å². The number of anilines is 2. The number of amides is 1. The van der Waals surface area contributed by atoms with Gasteiger partial charge >= 0.3 is 6.09 Å². The number of ether oxygens (including phenoxy) is 1. The van der Waals surface area contributed by atoms with Gasteiger partial charge in [0.15, 0.2) is 0 Å². The van der Waals surface area contributed by atoms with Crippen LogP contribution in [0.3, 0.4) is 0 Å². The molecule has 2 aliphatic heterocycles. The molecule has 9 nitrogen and oxygen atoms in total. The third kappa shape index (κ3) is 9.11. The molecule has 0 spiro atoms. The van der Waals surface area contributed by atoms with Crippen LogP contribution >= 0.6 is 0 Å². The second kappa shape index (κ2) is 18.1. The third-order valence-corrected chi connectivity index (χ3v) is 14.2. The Balaban J connectivity index is 1.31. The van der Waals surface area contributed by atoms with E-state index in [9.17, 15) is 21.6 Å². The molecule has 7 rings (SSSR count). The molecule has 0 aromatic heterocycles. The van der Waals surface area contributed by atoms with Crippen LogP contribution in [0.15, 0.2) is 120 Å². The summed E-state index contributed by atoms with van der Waals surface area (Å²) in [4.78, 5) is 20.4. The average molecular weight is 878 g/mol. The number of rotatable bonds is 14. The van der Waals surface area contributed by atoms with Gasteiger partial charge in [-0.2, -0.15) is 0 Å². The van der Waals surface area contributed by atoms with Gasteiger partial charge in [-0.3, -0.25) is 4.90 Å². The van der Waals surface area contributed by atoms with E-state index in [1.165, 1.54) is 38.4 Å². The van der Waals surface area contributed by atoms with Crippen LogP contribution < -0.4 is 9.80 Å². The van der Waals surface area contributed by atoms with E-state index in [0.29, 0.717) is 25.9 Å². The van der Waals surface area contributed by atoms with E-state index in [0.717, 1.165) is 53.9 Å². The van der Waals surface area contributed by atoms with Gasteiger partial charge < -0.3 is 14.5 Å². The molecule has 1 unspecified atom stereocenters. The van der Waals surface area contributed by atoms with Crippen molar-refractivity contribution in [3.05, 3.63) is 131 Å². The molecule has 11 heteroatoms. The summed E-state index contributed by atoms with van der Waals surface area (Å²) in [5.74, 6) is 0.349. The maximum atomic E-state index is 13.9. The Kier molecular flexibility index (Phi) is 13.2. The summed E-state index contributed by atoms with van der Waals surface area (Å²) in [5, 5.41) is 4.80. The van der Waals surface area contributed by atoms with Crippen LogP contribution in [0.25, 0.3) is 21.5 Å². The van der Waals surface area contributed by atoms with Gasteiger partial charge in [0.2, 0.25) is 0 Å². The summed E-state index contributed by atoms with van der Waals surface area (Å²) in [6.07, 6.45) is 12.6. The van der Waals surface area contributed by atoms with Gasteiger partial charge in [-0.15, -0.1) is 0 Å². The largest absolute Gasteiger partial charge is 0.443 e. The van der Waals surface area contributed by atoms with Gasteiger partial charge in [0.05, 0.1) is 11.7 Å². The summed E-state index contributed by atoms with van der Waals surface area (Å²) >= 11 is 0. The maximum absolute atomic E-state index is 13.9. The summed E-state index contributed by atoms with van der Waals surface area (Å²) in [6.45, 7) is 16.2. The zero-order valence-corrected chi connectivity index (χ0v) is 39.4. The second-order valence-electron chi connectivity index (χ2n) is 19.0. The predicted octanol–water partition coefficient (Wildman–Crippen LogP) is 10.3. The fraction of sp³-hybridized carbons (Fsp3) is 0.431. The first-order valence-electron chi connectivity index (χ1n) is 22.0. The van der Waals surface area contributed by atoms with Gasteiger partial charge in [-0.1, -0.05) is 107 Å². The Morgan fingerprint density at radius 3 is 1.95 bits per heavy atom. The molecule has 4 aromatic rings. The monoisotopic (exact) mass is 877 g/mol. The molecule has 330 valence electrons. The number of hydrogen-bond acceptors (Lipinski definition) is 8. The van der Waals surface area contributed by atoms with Gasteiger partial charge in [0.25, 0.3) is 0 Å². The molecule has 0 saturated carbocycles. The van der Waals surface area contributed by atoms with Crippen LogP contribution in [0.2, 0.25) is 0 Å². The van der Waals surface area contributed by atoms with Crippen LogP contribution in [0, 0.1) is 0 Å². The highest BCUT2D eigenvalue weighted by Crippen LogP contribution is 2.52. The van der Waals surface area contributed by atoms with E-state index >= 15 is 0 Å². The van der Waals surface area contributed by atoms with E-state index in [2.05, 4.69) is 135 Å². The number of allylic oxidation sites excluding steroid dienone is 6. The van der Waals surface area contributed by atoms with Gasteiger partial charge in [0, 0.05) is 59.5 Å². The molecule has 2 heterocycles. The molecule has 0 bridgehead atoms. The molecule has 1 aliphatic carbocycles. The maximum Gasteiger partial charge on any atom is 0.414 e. The smallest absolute Gasteiger partial charge is 0.414 e. The number of likely N-dealkylation sites (N-methyl/N-ethyl adjacent to an activating group) is 1. The first-order chi connectivity index (χ1) is 29.4. The standard InChI is InChI=1S/C51H63N3O6S2/c1-49(2,3)60-48(55)52(8)47-37(25-29-43-50(4,5)45-39-19-11-9-17-35(39)23-27-41(45)53(43)31-13-15-33-61(56)57)21-22-38(47)26-30-44-51(6,7)46-40-20-12-10-18-36(40)24-28-42(46)54(44)32-14-16-34-62(58)59/h9-12,17-20,23-30,43,61-62H,13-16,21-22,31-34H2,1-8H3/b29-25+,38-26+,44-30+. The fourth-order valence-corrected chi connectivity index (χ4v) is 11.0. The molecule has 4 aromatic carbocycles. The molecule has 3 aliphatic rings. The normalized spacial score (nSPS) is 19.6. The number of carbonyl (C=O) groups is 1. The average Bonchev–Trinajstić information content (AvgIpc) is 3.79. The highest BCUT2D eigenvalue weighted by atomic mass is 32.2. The number of unbranched alkanes of at least 4 members (excludes halogenated alkanes) is 2. The molecular formula is C51H63N3O6S2. The Morgan fingerprint density at radius 1 is 0.758 bits per heavy atom. The number of nitrogens with zero attached hydrogens (tertiary/aromatic N) is 3. The second-order valence-corrected chi connectivity index (χ2v) is 21.3. The Bertz CT molecular complexity index is 2640. The summed E-state index contributed by atoms with van der Waals surface area (Å²) in [6, 6.07) is 25.7. The number of carbonyl (C=O) groups excluding carboxylic acids is 1. The first-order valence-corrected chi connectivity index (χ1v) is 24.7. The van der Waals surface area contributed by atoms with Crippen LogP contribution in [-0.2, 0) is 37.0 Å². The molecule has 0 fully saturated rings. The minimum atomic E-state index is -2.43. The van der Waals surface area contributed by atoms with Crippen LogP contribution in [0.5, 0.6) is 0 Å². The Hall–Kier alpha value is -4.87.